The molecule has 2 atom stereocenters. The molecule has 0 aliphatic heterocycles. The summed E-state index contributed by atoms with van der Waals surface area (Å²) in [7, 11) is 0. The van der Waals surface area contributed by atoms with Crippen LogP contribution >= 0.6 is 27.3 Å². The number of carbonyl (C=O) groups is 1. The minimum atomic E-state index is -0.709. The molecule has 8 heteroatoms. The minimum Gasteiger partial charge on any atom is -0.286 e. The Morgan fingerprint density at radius 3 is 2.93 bits per heavy atom. The Morgan fingerprint density at radius 2 is 2.17 bits per heavy atom. The first-order valence-corrected chi connectivity index (χ1v) is 11.1. The average molecular weight is 473 g/mol. The number of thiophene rings is 1. The summed E-state index contributed by atoms with van der Waals surface area (Å²) in [5, 5.41) is 4.68. The molecule has 1 amide bonds. The lowest BCUT2D eigenvalue weighted by molar-refractivity contribution is -0.123. The molecule has 0 saturated heterocycles. The molecule has 2 aromatic heterocycles. The number of halogens is 1. The SMILES string of the molecule is CC1CCc2c(sc3ncn(C(C)C(=O)N/N=C\c4ccc(Br)cc4)c(=O)c23)C1. The molecule has 1 aliphatic rings. The van der Waals surface area contributed by atoms with Crippen LogP contribution < -0.4 is 11.0 Å². The summed E-state index contributed by atoms with van der Waals surface area (Å²) in [6.45, 7) is 3.92. The molecule has 2 unspecified atom stereocenters. The number of carbonyl (C=O) groups excluding carboxylic acids is 1. The van der Waals surface area contributed by atoms with Crippen LogP contribution in [0.15, 0.2) is 45.0 Å². The van der Waals surface area contributed by atoms with Crippen molar-refractivity contribution in [3.63, 3.8) is 0 Å². The van der Waals surface area contributed by atoms with Crippen LogP contribution in [0.5, 0.6) is 0 Å². The van der Waals surface area contributed by atoms with Gasteiger partial charge in [0.05, 0.1) is 17.9 Å². The van der Waals surface area contributed by atoms with Crippen LogP contribution in [0.4, 0.5) is 0 Å². The summed E-state index contributed by atoms with van der Waals surface area (Å²) in [5.74, 6) is 0.269. The molecular formula is C21H21BrN4O2S. The summed E-state index contributed by atoms with van der Waals surface area (Å²) in [6.07, 6.45) is 6.01. The Balaban J connectivity index is 1.55. The van der Waals surface area contributed by atoms with Gasteiger partial charge in [0.1, 0.15) is 10.9 Å². The van der Waals surface area contributed by atoms with Crippen LogP contribution in [0.3, 0.4) is 0 Å². The van der Waals surface area contributed by atoms with E-state index in [0.717, 1.165) is 39.7 Å². The van der Waals surface area contributed by atoms with Gasteiger partial charge in [-0.25, -0.2) is 10.4 Å². The van der Waals surface area contributed by atoms with Crippen molar-refractivity contribution in [1.82, 2.24) is 15.0 Å². The first-order valence-electron chi connectivity index (χ1n) is 9.54. The molecule has 6 nitrogen and oxygen atoms in total. The van der Waals surface area contributed by atoms with Gasteiger partial charge in [0.25, 0.3) is 11.5 Å². The van der Waals surface area contributed by atoms with Gasteiger partial charge in [-0.05, 0) is 55.4 Å². The number of aromatic nitrogens is 2. The third-order valence-corrected chi connectivity index (χ3v) is 6.99. The second kappa shape index (κ2) is 8.20. The molecule has 0 saturated carbocycles. The van der Waals surface area contributed by atoms with Crippen LogP contribution in [0.1, 0.15) is 42.3 Å². The number of hydrogen-bond acceptors (Lipinski definition) is 5. The van der Waals surface area contributed by atoms with Gasteiger partial charge in [-0.3, -0.25) is 14.2 Å². The lowest BCUT2D eigenvalue weighted by atomic mass is 9.89. The molecule has 0 spiro atoms. The lowest BCUT2D eigenvalue weighted by Gasteiger charge is -2.18. The van der Waals surface area contributed by atoms with Crippen molar-refractivity contribution in [1.29, 1.82) is 0 Å². The monoisotopic (exact) mass is 472 g/mol. The molecular weight excluding hydrogens is 452 g/mol. The van der Waals surface area contributed by atoms with Crippen LogP contribution in [0.2, 0.25) is 0 Å². The first-order chi connectivity index (χ1) is 13.9. The van der Waals surface area contributed by atoms with E-state index in [1.54, 1.807) is 24.5 Å². The maximum Gasteiger partial charge on any atom is 0.263 e. The smallest absolute Gasteiger partial charge is 0.263 e. The van der Waals surface area contributed by atoms with Crippen LogP contribution in [0.25, 0.3) is 10.2 Å². The highest BCUT2D eigenvalue weighted by atomic mass is 79.9. The number of nitrogens with zero attached hydrogens (tertiary/aromatic N) is 3. The van der Waals surface area contributed by atoms with E-state index < -0.39 is 6.04 Å². The second-order valence-electron chi connectivity index (χ2n) is 7.45. The Bertz CT molecular complexity index is 1150. The summed E-state index contributed by atoms with van der Waals surface area (Å²) in [4.78, 5) is 32.2. The van der Waals surface area contributed by atoms with Gasteiger partial charge in [0.2, 0.25) is 0 Å². The number of hydrogen-bond donors (Lipinski definition) is 1. The number of amides is 1. The van der Waals surface area contributed by atoms with E-state index >= 15 is 0 Å². The van der Waals surface area contributed by atoms with Gasteiger partial charge >= 0.3 is 0 Å². The number of fused-ring (bicyclic) bond motifs is 3. The van der Waals surface area contributed by atoms with E-state index in [2.05, 4.69) is 38.4 Å². The standard InChI is InChI=1S/C21H21BrN4O2S/c1-12-3-8-16-17(9-12)29-20-18(16)21(28)26(11-23-20)13(2)19(27)25-24-10-14-4-6-15(22)7-5-14/h4-7,10-13H,3,8-9H2,1-2H3,(H,25,27)/b24-10-. The predicted octanol–water partition coefficient (Wildman–Crippen LogP) is 4.06. The maximum atomic E-state index is 13.1. The highest BCUT2D eigenvalue weighted by Crippen LogP contribution is 2.35. The Kier molecular flexibility index (Phi) is 5.65. The molecule has 150 valence electrons. The molecule has 0 fully saturated rings. The zero-order chi connectivity index (χ0) is 20.5. The van der Waals surface area contributed by atoms with Crippen LogP contribution in [0, 0.1) is 5.92 Å². The van der Waals surface area contributed by atoms with Gasteiger partial charge < -0.3 is 0 Å². The molecule has 3 aromatic rings. The number of hydrazone groups is 1. The fourth-order valence-electron chi connectivity index (χ4n) is 3.56. The van der Waals surface area contributed by atoms with Crippen molar-refractivity contribution in [3.05, 3.63) is 61.4 Å². The average Bonchev–Trinajstić information content (AvgIpc) is 3.07. The van der Waals surface area contributed by atoms with E-state index in [1.807, 2.05) is 24.3 Å². The molecule has 0 radical (unpaired) electrons. The number of aryl methyl sites for hydroxylation is 1. The molecule has 4 rings (SSSR count). The molecule has 0 bridgehead atoms. The third-order valence-electron chi connectivity index (χ3n) is 5.30. The third kappa shape index (κ3) is 4.04. The quantitative estimate of drug-likeness (QED) is 0.459. The van der Waals surface area contributed by atoms with Gasteiger partial charge in [0, 0.05) is 9.35 Å². The highest BCUT2D eigenvalue weighted by molar-refractivity contribution is 9.10. The summed E-state index contributed by atoms with van der Waals surface area (Å²) in [5.41, 5.74) is 4.35. The van der Waals surface area contributed by atoms with Gasteiger partial charge in [-0.1, -0.05) is 35.0 Å². The summed E-state index contributed by atoms with van der Waals surface area (Å²) < 4.78 is 2.37. The largest absolute Gasteiger partial charge is 0.286 e. The minimum absolute atomic E-state index is 0.151. The highest BCUT2D eigenvalue weighted by Gasteiger charge is 2.25. The number of benzene rings is 1. The maximum absolute atomic E-state index is 13.1. The van der Waals surface area contributed by atoms with Crippen molar-refractivity contribution >= 4 is 49.6 Å². The molecule has 1 aromatic carbocycles. The topological polar surface area (TPSA) is 76.3 Å². The van der Waals surface area contributed by atoms with E-state index in [-0.39, 0.29) is 11.5 Å². The van der Waals surface area contributed by atoms with E-state index in [0.29, 0.717) is 11.3 Å². The Morgan fingerprint density at radius 1 is 1.41 bits per heavy atom. The fraction of sp³-hybridized carbons (Fsp3) is 0.333. The molecule has 1 N–H and O–H groups in total. The van der Waals surface area contributed by atoms with Crippen LogP contribution in [-0.4, -0.2) is 21.7 Å². The lowest BCUT2D eigenvalue weighted by Crippen LogP contribution is -2.34. The molecule has 2 heterocycles. The fourth-order valence-corrected chi connectivity index (χ4v) is 5.16. The van der Waals surface area contributed by atoms with Gasteiger partial charge in [-0.15, -0.1) is 11.3 Å². The summed E-state index contributed by atoms with van der Waals surface area (Å²) in [6, 6.07) is 6.85. The van der Waals surface area contributed by atoms with E-state index in [9.17, 15) is 9.59 Å². The normalized spacial score (nSPS) is 17.4. The molecule has 1 aliphatic carbocycles. The zero-order valence-electron chi connectivity index (χ0n) is 16.2. The van der Waals surface area contributed by atoms with Crippen LogP contribution in [-0.2, 0) is 17.6 Å². The van der Waals surface area contributed by atoms with Crippen molar-refractivity contribution in [2.45, 2.75) is 39.2 Å². The second-order valence-corrected chi connectivity index (χ2v) is 9.45. The predicted molar refractivity (Wildman–Crippen MR) is 120 cm³/mol. The Labute approximate surface area is 180 Å². The van der Waals surface area contributed by atoms with Gasteiger partial charge in [-0.2, -0.15) is 5.10 Å². The first kappa shape index (κ1) is 20.0. The van der Waals surface area contributed by atoms with Gasteiger partial charge in [0.15, 0.2) is 0 Å². The van der Waals surface area contributed by atoms with Crippen molar-refractivity contribution < 1.29 is 4.79 Å². The Hall–Kier alpha value is -2.32. The van der Waals surface area contributed by atoms with Crippen molar-refractivity contribution in [2.75, 3.05) is 0 Å². The van der Waals surface area contributed by atoms with Crippen molar-refractivity contribution in [3.8, 4) is 0 Å². The number of rotatable bonds is 4. The molecule has 29 heavy (non-hydrogen) atoms. The summed E-state index contributed by atoms with van der Waals surface area (Å²) >= 11 is 4.98. The van der Waals surface area contributed by atoms with Crippen molar-refractivity contribution in [2.24, 2.45) is 11.0 Å². The van der Waals surface area contributed by atoms with E-state index in [1.165, 1.54) is 15.8 Å². The van der Waals surface area contributed by atoms with E-state index in [4.69, 9.17) is 0 Å². The zero-order valence-corrected chi connectivity index (χ0v) is 18.6. The number of nitrogens with one attached hydrogen (secondary N) is 1.